The van der Waals surface area contributed by atoms with Gasteiger partial charge in [0.15, 0.2) is 16.4 Å². The Balaban J connectivity index is 1.77. The number of hydrogen-bond acceptors (Lipinski definition) is 4. The molecule has 1 aliphatic rings. The van der Waals surface area contributed by atoms with Crippen LogP contribution in [0.25, 0.3) is 0 Å². The molecule has 0 saturated carbocycles. The summed E-state index contributed by atoms with van der Waals surface area (Å²) in [6.07, 6.45) is 0.452. The van der Waals surface area contributed by atoms with Crippen LogP contribution in [0, 0.1) is 13.8 Å². The number of aryl methyl sites for hydroxylation is 2. The third-order valence-corrected chi connectivity index (χ3v) is 8.26. The highest BCUT2D eigenvalue weighted by Gasteiger charge is 2.35. The fraction of sp³-hybridized carbons (Fsp3) is 0.480. The van der Waals surface area contributed by atoms with E-state index in [1.54, 1.807) is 17.0 Å². The van der Waals surface area contributed by atoms with Crippen LogP contribution in [-0.2, 0) is 26.6 Å². The predicted octanol–water partition coefficient (Wildman–Crippen LogP) is 4.85. The van der Waals surface area contributed by atoms with E-state index in [9.17, 15) is 13.2 Å². The summed E-state index contributed by atoms with van der Waals surface area (Å²) in [7, 11) is -3.12. The van der Waals surface area contributed by atoms with Crippen molar-refractivity contribution in [1.29, 1.82) is 0 Å². The molecule has 174 valence electrons. The van der Waals surface area contributed by atoms with Gasteiger partial charge in [-0.1, -0.05) is 56.6 Å². The molecule has 1 aliphatic heterocycles. The summed E-state index contributed by atoms with van der Waals surface area (Å²) in [5.74, 6) is 0.460. The van der Waals surface area contributed by atoms with Gasteiger partial charge in [-0.15, -0.1) is 0 Å². The molecule has 0 spiro atoms. The van der Waals surface area contributed by atoms with E-state index in [4.69, 9.17) is 16.3 Å². The lowest BCUT2D eigenvalue weighted by Crippen LogP contribution is -2.43. The smallest absolute Gasteiger partial charge is 0.261 e. The fourth-order valence-corrected chi connectivity index (χ4v) is 5.81. The lowest BCUT2D eigenvalue weighted by Gasteiger charge is -2.29. The summed E-state index contributed by atoms with van der Waals surface area (Å²) in [5.41, 5.74) is 3.97. The van der Waals surface area contributed by atoms with E-state index in [-0.39, 0.29) is 35.5 Å². The maximum atomic E-state index is 13.2. The van der Waals surface area contributed by atoms with Crippen molar-refractivity contribution in [1.82, 2.24) is 4.90 Å². The zero-order chi connectivity index (χ0) is 23.7. The van der Waals surface area contributed by atoms with Crippen LogP contribution in [0.3, 0.4) is 0 Å². The number of carbonyl (C=O) groups is 1. The predicted molar refractivity (Wildman–Crippen MR) is 129 cm³/mol. The number of rotatable bonds is 6. The summed E-state index contributed by atoms with van der Waals surface area (Å²) in [6, 6.07) is 11.4. The minimum Gasteiger partial charge on any atom is -0.484 e. The van der Waals surface area contributed by atoms with Gasteiger partial charge in [0.05, 0.1) is 11.5 Å². The van der Waals surface area contributed by atoms with Crippen LogP contribution < -0.4 is 4.74 Å². The Hall–Kier alpha value is -2.05. The maximum absolute atomic E-state index is 13.2. The van der Waals surface area contributed by atoms with Crippen LogP contribution in [-0.4, -0.2) is 43.4 Å². The summed E-state index contributed by atoms with van der Waals surface area (Å²) >= 11 is 6.22. The maximum Gasteiger partial charge on any atom is 0.261 e. The molecule has 1 heterocycles. The number of sulfone groups is 1. The second kappa shape index (κ2) is 9.44. The second-order valence-electron chi connectivity index (χ2n) is 9.69. The highest BCUT2D eigenvalue weighted by molar-refractivity contribution is 7.91. The van der Waals surface area contributed by atoms with Gasteiger partial charge in [0.25, 0.3) is 5.91 Å². The van der Waals surface area contributed by atoms with Crippen molar-refractivity contribution < 1.29 is 17.9 Å². The summed E-state index contributed by atoms with van der Waals surface area (Å²) in [4.78, 5) is 14.8. The van der Waals surface area contributed by atoms with Crippen molar-refractivity contribution in [2.45, 2.75) is 59.0 Å². The quantitative estimate of drug-likeness (QED) is 0.596. The first-order chi connectivity index (χ1) is 14.9. The van der Waals surface area contributed by atoms with E-state index >= 15 is 0 Å². The van der Waals surface area contributed by atoms with E-state index in [1.165, 1.54) is 5.56 Å². The van der Waals surface area contributed by atoms with E-state index in [0.717, 1.165) is 16.7 Å². The first kappa shape index (κ1) is 24.6. The van der Waals surface area contributed by atoms with Crippen LogP contribution >= 0.6 is 11.6 Å². The molecule has 1 saturated heterocycles. The number of hydrogen-bond donors (Lipinski definition) is 0. The van der Waals surface area contributed by atoms with Crippen molar-refractivity contribution in [3.05, 3.63) is 63.7 Å². The Morgan fingerprint density at radius 2 is 1.72 bits per heavy atom. The second-order valence-corrected chi connectivity index (χ2v) is 12.3. The Morgan fingerprint density at radius 1 is 1.12 bits per heavy atom. The monoisotopic (exact) mass is 477 g/mol. The molecule has 1 fully saturated rings. The van der Waals surface area contributed by atoms with E-state index in [0.29, 0.717) is 23.7 Å². The van der Waals surface area contributed by atoms with E-state index in [1.807, 2.05) is 26.0 Å². The third kappa shape index (κ3) is 6.04. The molecule has 0 bridgehead atoms. The third-order valence-electron chi connectivity index (χ3n) is 5.91. The van der Waals surface area contributed by atoms with E-state index < -0.39 is 9.84 Å². The molecule has 7 heteroatoms. The zero-order valence-electron chi connectivity index (χ0n) is 19.4. The first-order valence-electron chi connectivity index (χ1n) is 10.8. The van der Waals surface area contributed by atoms with Crippen LogP contribution in [0.2, 0.25) is 5.02 Å². The van der Waals surface area contributed by atoms with Crippen LogP contribution in [0.4, 0.5) is 0 Å². The SMILES string of the molecule is Cc1cc(OCC(=O)N(Cc2ccc(C(C)(C)C)cc2)C2CCS(=O)(=O)C2)cc(C)c1Cl. The molecule has 0 radical (unpaired) electrons. The average molecular weight is 478 g/mol. The molecule has 0 aromatic heterocycles. The summed E-state index contributed by atoms with van der Waals surface area (Å²) in [6.45, 7) is 10.4. The van der Waals surface area contributed by atoms with Gasteiger partial charge >= 0.3 is 0 Å². The van der Waals surface area contributed by atoms with Crippen LogP contribution in [0.15, 0.2) is 36.4 Å². The number of nitrogens with zero attached hydrogens (tertiary/aromatic N) is 1. The van der Waals surface area contributed by atoms with Gasteiger partial charge in [-0.2, -0.15) is 0 Å². The normalized spacial score (nSPS) is 17.9. The standard InChI is InChI=1S/C25H32ClNO4S/c1-17-12-22(13-18(2)24(17)26)31-15-23(28)27(21-10-11-32(29,30)16-21)14-19-6-8-20(9-7-19)25(3,4)5/h6-9,12-13,21H,10-11,14-16H2,1-5H3. The Kier molecular flexibility index (Phi) is 7.25. The number of halogens is 1. The summed E-state index contributed by atoms with van der Waals surface area (Å²) < 4.78 is 29.9. The topological polar surface area (TPSA) is 63.7 Å². The van der Waals surface area contributed by atoms with Gasteiger partial charge in [-0.05, 0) is 60.1 Å². The zero-order valence-corrected chi connectivity index (χ0v) is 21.0. The highest BCUT2D eigenvalue weighted by atomic mass is 35.5. The van der Waals surface area contributed by atoms with Crippen molar-refractivity contribution >= 4 is 27.3 Å². The highest BCUT2D eigenvalue weighted by Crippen LogP contribution is 2.27. The van der Waals surface area contributed by atoms with Crippen LogP contribution in [0.5, 0.6) is 5.75 Å². The molecule has 32 heavy (non-hydrogen) atoms. The molecular formula is C25H32ClNO4S. The van der Waals surface area contributed by atoms with Gasteiger partial charge in [0.2, 0.25) is 0 Å². The largest absolute Gasteiger partial charge is 0.484 e. The fourth-order valence-electron chi connectivity index (χ4n) is 3.97. The molecule has 0 N–H and O–H groups in total. The first-order valence-corrected chi connectivity index (χ1v) is 13.0. The Bertz CT molecular complexity index is 1060. The van der Waals surface area contributed by atoms with Gasteiger partial charge in [0.1, 0.15) is 5.75 Å². The molecule has 1 atom stereocenters. The van der Waals surface area contributed by atoms with E-state index in [2.05, 4.69) is 32.9 Å². The van der Waals surface area contributed by atoms with Crippen LogP contribution in [0.1, 0.15) is 49.4 Å². The van der Waals surface area contributed by atoms with Gasteiger partial charge in [0, 0.05) is 17.6 Å². The number of ether oxygens (including phenoxy) is 1. The van der Waals surface area contributed by atoms with Crippen molar-refractivity contribution in [2.24, 2.45) is 0 Å². The van der Waals surface area contributed by atoms with Gasteiger partial charge in [-0.25, -0.2) is 8.42 Å². The minimum absolute atomic E-state index is 0.00201. The molecule has 0 aliphatic carbocycles. The van der Waals surface area contributed by atoms with Gasteiger partial charge in [-0.3, -0.25) is 4.79 Å². The van der Waals surface area contributed by atoms with Crippen molar-refractivity contribution in [3.8, 4) is 5.75 Å². The lowest BCUT2D eigenvalue weighted by molar-refractivity contribution is -0.136. The Morgan fingerprint density at radius 3 is 2.22 bits per heavy atom. The lowest BCUT2D eigenvalue weighted by atomic mass is 9.86. The van der Waals surface area contributed by atoms with Crippen molar-refractivity contribution in [3.63, 3.8) is 0 Å². The molecule has 2 aromatic rings. The average Bonchev–Trinajstić information content (AvgIpc) is 3.07. The Labute approximate surface area is 196 Å². The molecule has 2 aromatic carbocycles. The molecule has 1 amide bonds. The molecular weight excluding hydrogens is 446 g/mol. The number of amides is 1. The minimum atomic E-state index is -3.12. The number of carbonyl (C=O) groups excluding carboxylic acids is 1. The van der Waals surface area contributed by atoms with Crippen molar-refractivity contribution in [2.75, 3.05) is 18.1 Å². The van der Waals surface area contributed by atoms with Gasteiger partial charge < -0.3 is 9.64 Å². The summed E-state index contributed by atoms with van der Waals surface area (Å²) in [5, 5.41) is 0.681. The molecule has 1 unspecified atom stereocenters. The molecule has 3 rings (SSSR count). The molecule has 5 nitrogen and oxygen atoms in total. The number of benzene rings is 2.